The third-order valence-electron chi connectivity index (χ3n) is 10.3. The highest BCUT2D eigenvalue weighted by Crippen LogP contribution is 2.31. The predicted molar refractivity (Wildman–Crippen MR) is 194 cm³/mol. The van der Waals surface area contributed by atoms with Gasteiger partial charge >= 0.3 is 0 Å². The van der Waals surface area contributed by atoms with E-state index in [0.717, 1.165) is 5.69 Å². The normalized spacial score (nSPS) is 11.5. The monoisotopic (exact) mass is 986 g/mol. The van der Waals surface area contributed by atoms with Gasteiger partial charge < -0.3 is 0 Å². The van der Waals surface area contributed by atoms with Crippen LogP contribution >= 0.6 is 0 Å². The molecule has 0 radical (unpaired) electrons. The Morgan fingerprint density at radius 1 is 0.412 bits per heavy atom. The van der Waals surface area contributed by atoms with Crippen molar-refractivity contribution in [2.75, 3.05) is 0 Å². The van der Waals surface area contributed by atoms with Crippen LogP contribution in [0.25, 0.3) is 0 Å². The SMILES string of the molecule is Fc1c(F)c(F)c([B-](c2c(F)c(F)c(F)c(F)c2F)(c2c(F)c(F)c(F)c(F)c2F)c2c(F)c(F)c(F)c(F)c2F)c(F)c1F.O=C(C[n+]1ccnc(Cc2ccccc2F)c1)c1ccccc1. The number of hydrogen-bond acceptors (Lipinski definition) is 2. The summed E-state index contributed by atoms with van der Waals surface area (Å²) >= 11 is 0. The fourth-order valence-electron chi connectivity index (χ4n) is 7.26. The van der Waals surface area contributed by atoms with E-state index in [9.17, 15) is 61.9 Å². The van der Waals surface area contributed by atoms with Crippen LogP contribution < -0.4 is 26.4 Å². The molecule has 0 atom stereocenters. The second-order valence-electron chi connectivity index (χ2n) is 14.1. The van der Waals surface area contributed by atoms with E-state index in [1.54, 1.807) is 53.5 Å². The molecular formula is C43H16BF21N2O. The summed E-state index contributed by atoms with van der Waals surface area (Å²) in [7, 11) is 0. The summed E-state index contributed by atoms with van der Waals surface area (Å²) in [5, 5.41) is 0. The summed E-state index contributed by atoms with van der Waals surface area (Å²) in [6.07, 6.45) is -1.66. The van der Waals surface area contributed by atoms with Crippen LogP contribution in [-0.4, -0.2) is 16.9 Å². The van der Waals surface area contributed by atoms with Crippen molar-refractivity contribution < 1.29 is 102 Å². The zero-order valence-electron chi connectivity index (χ0n) is 32.7. The highest BCUT2D eigenvalue weighted by Gasteiger charge is 2.52. The molecule has 7 aromatic rings. The first-order valence-corrected chi connectivity index (χ1v) is 18.3. The van der Waals surface area contributed by atoms with Crippen LogP contribution in [0, 0.1) is 122 Å². The van der Waals surface area contributed by atoms with E-state index >= 15 is 35.1 Å². The van der Waals surface area contributed by atoms with Gasteiger partial charge in [0, 0.05) is 12.0 Å². The number of carbonyl (C=O) groups is 1. The first kappa shape index (κ1) is 50.1. The third-order valence-corrected chi connectivity index (χ3v) is 10.3. The molecule has 0 amide bonds. The minimum absolute atomic E-state index is 0.0265. The minimum Gasteiger partial charge on any atom is -0.287 e. The van der Waals surface area contributed by atoms with E-state index in [-0.39, 0.29) is 18.1 Å². The summed E-state index contributed by atoms with van der Waals surface area (Å²) in [5.74, 6) is -71.6. The van der Waals surface area contributed by atoms with Gasteiger partial charge in [0.25, 0.3) is 0 Å². The van der Waals surface area contributed by atoms with Crippen molar-refractivity contribution in [3.63, 3.8) is 0 Å². The first-order valence-electron chi connectivity index (χ1n) is 18.3. The molecule has 68 heavy (non-hydrogen) atoms. The van der Waals surface area contributed by atoms with Crippen molar-refractivity contribution in [1.29, 1.82) is 0 Å². The van der Waals surface area contributed by atoms with Crippen LogP contribution in [0.4, 0.5) is 92.2 Å². The largest absolute Gasteiger partial charge is 0.287 e. The Labute approximate surface area is 365 Å². The summed E-state index contributed by atoms with van der Waals surface area (Å²) in [4.78, 5) is 16.5. The number of Topliss-reactive ketones (excluding diaryl/α,β-unsaturated/α-hetero) is 1. The Morgan fingerprint density at radius 3 is 1.06 bits per heavy atom. The van der Waals surface area contributed by atoms with Gasteiger partial charge in [0.2, 0.25) is 12.3 Å². The molecule has 0 bridgehead atoms. The van der Waals surface area contributed by atoms with Crippen LogP contribution in [-0.2, 0) is 13.0 Å². The smallest absolute Gasteiger partial charge is 0.227 e. The number of aromatic nitrogens is 2. The number of rotatable bonds is 9. The number of halogens is 21. The van der Waals surface area contributed by atoms with Crippen molar-refractivity contribution >= 4 is 33.8 Å². The maximum absolute atomic E-state index is 15.4. The molecule has 354 valence electrons. The van der Waals surface area contributed by atoms with Crippen LogP contribution in [0.1, 0.15) is 21.6 Å². The molecule has 0 spiro atoms. The molecule has 1 aromatic heterocycles. The third kappa shape index (κ3) is 8.26. The molecule has 0 aliphatic rings. The van der Waals surface area contributed by atoms with E-state index in [1.807, 2.05) is 18.2 Å². The maximum Gasteiger partial charge on any atom is 0.227 e. The second kappa shape index (κ2) is 19.1. The summed E-state index contributed by atoms with van der Waals surface area (Å²) in [6, 6.07) is 15.8. The van der Waals surface area contributed by atoms with Gasteiger partial charge in [0.15, 0.2) is 82.2 Å². The highest BCUT2D eigenvalue weighted by molar-refractivity contribution is 7.20. The van der Waals surface area contributed by atoms with E-state index < -0.39 is 144 Å². The molecule has 0 fully saturated rings. The molecule has 0 aliphatic heterocycles. The Bertz CT molecular complexity index is 2790. The lowest BCUT2D eigenvalue weighted by Crippen LogP contribution is -2.81. The molecule has 0 saturated heterocycles. The number of benzene rings is 6. The molecular weight excluding hydrogens is 970 g/mol. The lowest BCUT2D eigenvalue weighted by atomic mass is 9.12. The molecule has 25 heteroatoms. The van der Waals surface area contributed by atoms with Crippen molar-refractivity contribution in [2.45, 2.75) is 13.0 Å². The molecule has 0 N–H and O–H groups in total. The fourth-order valence-corrected chi connectivity index (χ4v) is 7.26. The maximum atomic E-state index is 15.4. The quantitative estimate of drug-likeness (QED) is 0.0362. The average Bonchev–Trinajstić information content (AvgIpc) is 3.32. The second-order valence-corrected chi connectivity index (χ2v) is 14.1. The molecule has 0 saturated carbocycles. The van der Waals surface area contributed by atoms with Crippen LogP contribution in [0.5, 0.6) is 0 Å². The zero-order chi connectivity index (χ0) is 50.4. The molecule has 0 unspecified atom stereocenters. The van der Waals surface area contributed by atoms with E-state index in [2.05, 4.69) is 4.98 Å². The number of carbonyl (C=O) groups excluding carboxylic acids is 1. The van der Waals surface area contributed by atoms with Gasteiger partial charge in [-0.15, -0.1) is 21.9 Å². The summed E-state index contributed by atoms with van der Waals surface area (Å²) in [6.45, 7) is 0.233. The summed E-state index contributed by atoms with van der Waals surface area (Å²) < 4.78 is 309. The number of hydrogen-bond donors (Lipinski definition) is 0. The van der Waals surface area contributed by atoms with Gasteiger partial charge in [-0.3, -0.25) is 4.79 Å². The molecule has 0 aliphatic carbocycles. The molecule has 1 heterocycles. The average molecular weight is 986 g/mol. The van der Waals surface area contributed by atoms with Crippen LogP contribution in [0.3, 0.4) is 0 Å². The predicted octanol–water partition coefficient (Wildman–Crippen LogP) is 8.83. The number of nitrogens with zero attached hydrogens (tertiary/aromatic N) is 2. The minimum atomic E-state index is -7.22. The van der Waals surface area contributed by atoms with Crippen molar-refractivity contribution in [1.82, 2.24) is 4.98 Å². The van der Waals surface area contributed by atoms with Gasteiger partial charge in [-0.1, -0.05) is 48.5 Å². The fraction of sp³-hybridized carbons (Fsp3) is 0.0465. The van der Waals surface area contributed by atoms with Crippen LogP contribution in [0.15, 0.2) is 73.2 Å². The highest BCUT2D eigenvalue weighted by atomic mass is 19.2. The Kier molecular flexibility index (Phi) is 14.1. The van der Waals surface area contributed by atoms with Crippen LogP contribution in [0.2, 0.25) is 0 Å². The van der Waals surface area contributed by atoms with Crippen molar-refractivity contribution in [3.05, 3.63) is 212 Å². The molecule has 3 nitrogen and oxygen atoms in total. The lowest BCUT2D eigenvalue weighted by molar-refractivity contribution is -0.684. The topological polar surface area (TPSA) is 33.8 Å². The Morgan fingerprint density at radius 2 is 0.721 bits per heavy atom. The lowest BCUT2D eigenvalue weighted by Gasteiger charge is -2.44. The van der Waals surface area contributed by atoms with Gasteiger partial charge in [-0.05, 0) is 11.6 Å². The van der Waals surface area contributed by atoms with Crippen molar-refractivity contribution in [3.8, 4) is 0 Å². The Hall–Kier alpha value is -7.34. The van der Waals surface area contributed by atoms with Gasteiger partial charge in [-0.2, -0.15) is 4.57 Å². The van der Waals surface area contributed by atoms with E-state index in [1.165, 1.54) is 6.07 Å². The summed E-state index contributed by atoms with van der Waals surface area (Å²) in [5.41, 5.74) is -12.3. The van der Waals surface area contributed by atoms with Gasteiger partial charge in [0.05, 0.1) is 6.20 Å². The van der Waals surface area contributed by atoms with Gasteiger partial charge in [0.1, 0.15) is 64.2 Å². The molecule has 6 aromatic carbocycles. The first-order chi connectivity index (χ1) is 31.9. The molecule has 7 rings (SSSR count). The van der Waals surface area contributed by atoms with E-state index in [4.69, 9.17) is 0 Å². The van der Waals surface area contributed by atoms with E-state index in [0.29, 0.717) is 17.5 Å². The zero-order valence-corrected chi connectivity index (χ0v) is 32.7. The standard InChI is InChI=1S/C24BF20.C19H16FN2O/c26-5-1(6(27)14(35)21(42)13(5)34)25(2-7(28)15(36)22(43)16(37)8(2)29,3-9(30)17(38)23(44)18(39)10(3)31)4-11(32)19(40)24(45)20(41)12(4)33;20-18-9-5-4-8-16(18)12-17-13-22(11-10-21-17)14-19(23)15-6-2-1-3-7-15/h;1-11,13H,12,14H2/q-1;+1. The number of ketones is 1. The van der Waals surface area contributed by atoms with Crippen molar-refractivity contribution in [2.24, 2.45) is 0 Å². The van der Waals surface area contributed by atoms with Gasteiger partial charge in [-0.25, -0.2) is 97.2 Å². The Balaban J connectivity index is 0.000000276.